The second kappa shape index (κ2) is 7.11. The summed E-state index contributed by atoms with van der Waals surface area (Å²) in [4.78, 5) is 29.7. The number of nitrogens with zero attached hydrogens (tertiary/aromatic N) is 2. The van der Waals surface area contributed by atoms with Crippen LogP contribution in [0.5, 0.6) is 0 Å². The monoisotopic (exact) mass is 311 g/mol. The van der Waals surface area contributed by atoms with Gasteiger partial charge in [-0.15, -0.1) is 11.3 Å². The van der Waals surface area contributed by atoms with Crippen molar-refractivity contribution < 1.29 is 14.7 Å². The van der Waals surface area contributed by atoms with Crippen molar-refractivity contribution in [3.8, 4) is 0 Å². The van der Waals surface area contributed by atoms with Crippen LogP contribution in [-0.2, 0) is 0 Å². The molecule has 1 aliphatic rings. The van der Waals surface area contributed by atoms with E-state index in [1.165, 1.54) is 18.3 Å². The van der Waals surface area contributed by atoms with E-state index in [1.807, 2.05) is 0 Å². The largest absolute Gasteiger partial charge is 0.476 e. The van der Waals surface area contributed by atoms with Gasteiger partial charge in [0.1, 0.15) is 9.88 Å². The first-order valence-electron chi connectivity index (χ1n) is 7.24. The van der Waals surface area contributed by atoms with Gasteiger partial charge in [-0.05, 0) is 6.42 Å². The van der Waals surface area contributed by atoms with Crippen LogP contribution in [0.15, 0.2) is 0 Å². The lowest BCUT2D eigenvalue weighted by molar-refractivity contribution is 0.0686. The Morgan fingerprint density at radius 2 is 2.10 bits per heavy atom. The molecule has 2 rings (SSSR count). The molecule has 0 radical (unpaired) electrons. The molecule has 2 heterocycles. The van der Waals surface area contributed by atoms with E-state index in [9.17, 15) is 14.7 Å². The molecule has 1 aliphatic heterocycles. The summed E-state index contributed by atoms with van der Waals surface area (Å²) in [6.07, 6.45) is 1.91. The van der Waals surface area contributed by atoms with Gasteiger partial charge in [0.15, 0.2) is 11.5 Å². The normalized spacial score (nSPS) is 17.6. The highest BCUT2D eigenvalue weighted by molar-refractivity contribution is 7.14. The van der Waals surface area contributed by atoms with Crippen LogP contribution < -0.4 is 5.32 Å². The van der Waals surface area contributed by atoms with Crippen molar-refractivity contribution in [3.63, 3.8) is 0 Å². The zero-order valence-corrected chi connectivity index (χ0v) is 13.2. The smallest absolute Gasteiger partial charge is 0.356 e. The summed E-state index contributed by atoms with van der Waals surface area (Å²) < 4.78 is 0. The number of rotatable bonds is 6. The summed E-state index contributed by atoms with van der Waals surface area (Å²) >= 11 is 1.23. The molecular formula is C14H21N3O3S. The third-order valence-corrected chi connectivity index (χ3v) is 4.86. The summed E-state index contributed by atoms with van der Waals surface area (Å²) in [6, 6.07) is 0.105. The van der Waals surface area contributed by atoms with Gasteiger partial charge in [0.2, 0.25) is 0 Å². The molecule has 0 aromatic carbocycles. The van der Waals surface area contributed by atoms with Crippen LogP contribution in [0.2, 0.25) is 0 Å². The second-order valence-electron chi connectivity index (χ2n) is 5.18. The number of hydrogen-bond donors (Lipinski definition) is 2. The zero-order valence-electron chi connectivity index (χ0n) is 12.4. The van der Waals surface area contributed by atoms with Crippen molar-refractivity contribution in [1.29, 1.82) is 0 Å². The third kappa shape index (κ3) is 3.66. The van der Waals surface area contributed by atoms with Gasteiger partial charge in [-0.1, -0.05) is 13.3 Å². The number of thiazole rings is 1. The van der Waals surface area contributed by atoms with Crippen molar-refractivity contribution in [2.75, 3.05) is 26.2 Å². The van der Waals surface area contributed by atoms with E-state index in [4.69, 9.17) is 0 Å². The molecule has 21 heavy (non-hydrogen) atoms. The second-order valence-corrected chi connectivity index (χ2v) is 6.21. The molecule has 0 bridgehead atoms. The number of hydrogen-bond acceptors (Lipinski definition) is 6. The van der Waals surface area contributed by atoms with Crippen molar-refractivity contribution in [3.05, 3.63) is 15.6 Å². The Labute approximate surface area is 128 Å². The highest BCUT2D eigenvalue weighted by atomic mass is 32.1. The predicted molar refractivity (Wildman–Crippen MR) is 81.2 cm³/mol. The quantitative estimate of drug-likeness (QED) is 0.779. The molecule has 1 aromatic rings. The van der Waals surface area contributed by atoms with Gasteiger partial charge in [-0.25, -0.2) is 9.78 Å². The van der Waals surface area contributed by atoms with Crippen molar-refractivity contribution in [2.45, 2.75) is 32.7 Å². The van der Waals surface area contributed by atoms with Crippen LogP contribution >= 0.6 is 11.3 Å². The molecule has 0 saturated carbocycles. The summed E-state index contributed by atoms with van der Waals surface area (Å²) in [5.74, 6) is -1.36. The molecule has 0 aliphatic carbocycles. The van der Waals surface area contributed by atoms with Gasteiger partial charge in [0.25, 0.3) is 0 Å². The minimum absolute atomic E-state index is 0.0984. The fraction of sp³-hybridized carbons (Fsp3) is 0.643. The van der Waals surface area contributed by atoms with Crippen LogP contribution in [0, 0.1) is 0 Å². The van der Waals surface area contributed by atoms with Crippen molar-refractivity contribution in [2.24, 2.45) is 0 Å². The Bertz CT molecular complexity index is 492. The fourth-order valence-electron chi connectivity index (χ4n) is 2.59. The Kier molecular flexibility index (Phi) is 5.44. The van der Waals surface area contributed by atoms with Gasteiger partial charge in [0, 0.05) is 33.1 Å². The molecule has 1 saturated heterocycles. The molecule has 0 amide bonds. The van der Waals surface area contributed by atoms with Crippen molar-refractivity contribution >= 4 is 23.1 Å². The van der Waals surface area contributed by atoms with Gasteiger partial charge in [-0.3, -0.25) is 9.69 Å². The summed E-state index contributed by atoms with van der Waals surface area (Å²) in [5, 5.41) is 13.3. The van der Waals surface area contributed by atoms with Crippen LogP contribution in [0.4, 0.5) is 0 Å². The van der Waals surface area contributed by atoms with E-state index >= 15 is 0 Å². The fourth-order valence-corrected chi connectivity index (χ4v) is 3.71. The van der Waals surface area contributed by atoms with Gasteiger partial charge in [-0.2, -0.15) is 0 Å². The van der Waals surface area contributed by atoms with Gasteiger partial charge in [0.05, 0.1) is 6.04 Å². The first kappa shape index (κ1) is 16.1. The SMILES string of the molecule is CCCC(c1nc(C(=O)O)c(C(C)=O)s1)N1CCNCC1. The summed E-state index contributed by atoms with van der Waals surface area (Å²) in [5.41, 5.74) is -0.0984. The van der Waals surface area contributed by atoms with Crippen LogP contribution in [0.25, 0.3) is 0 Å². The molecule has 1 unspecified atom stereocenters. The van der Waals surface area contributed by atoms with E-state index in [2.05, 4.69) is 22.1 Å². The van der Waals surface area contributed by atoms with Crippen LogP contribution in [0.3, 0.4) is 0 Å². The Morgan fingerprint density at radius 3 is 2.57 bits per heavy atom. The first-order chi connectivity index (χ1) is 10.0. The van der Waals surface area contributed by atoms with E-state index in [-0.39, 0.29) is 22.4 Å². The van der Waals surface area contributed by atoms with E-state index in [0.717, 1.165) is 44.0 Å². The summed E-state index contributed by atoms with van der Waals surface area (Å²) in [7, 11) is 0. The number of piperazine rings is 1. The van der Waals surface area contributed by atoms with Gasteiger partial charge >= 0.3 is 5.97 Å². The maximum Gasteiger partial charge on any atom is 0.356 e. The lowest BCUT2D eigenvalue weighted by atomic mass is 10.1. The zero-order chi connectivity index (χ0) is 15.4. The highest BCUT2D eigenvalue weighted by Gasteiger charge is 2.28. The molecule has 7 heteroatoms. The van der Waals surface area contributed by atoms with E-state index in [1.54, 1.807) is 0 Å². The lowest BCUT2D eigenvalue weighted by Crippen LogP contribution is -2.45. The topological polar surface area (TPSA) is 82.5 Å². The molecule has 6 nitrogen and oxygen atoms in total. The summed E-state index contributed by atoms with van der Waals surface area (Å²) in [6.45, 7) is 7.19. The number of aromatic nitrogens is 1. The molecule has 1 aromatic heterocycles. The van der Waals surface area contributed by atoms with E-state index in [0.29, 0.717) is 0 Å². The molecule has 0 spiro atoms. The Hall–Kier alpha value is -1.31. The molecule has 2 N–H and O–H groups in total. The number of carbonyl (C=O) groups is 2. The van der Waals surface area contributed by atoms with Crippen LogP contribution in [-0.4, -0.2) is 52.9 Å². The van der Waals surface area contributed by atoms with Crippen molar-refractivity contribution in [1.82, 2.24) is 15.2 Å². The minimum Gasteiger partial charge on any atom is -0.476 e. The first-order valence-corrected chi connectivity index (χ1v) is 8.06. The highest BCUT2D eigenvalue weighted by Crippen LogP contribution is 2.31. The lowest BCUT2D eigenvalue weighted by Gasteiger charge is -2.33. The van der Waals surface area contributed by atoms with Gasteiger partial charge < -0.3 is 10.4 Å². The standard InChI is InChI=1S/C14H21N3O3S/c1-3-4-10(17-7-5-15-6-8-17)13-16-11(14(19)20)12(21-13)9(2)18/h10,15H,3-8H2,1-2H3,(H,19,20). The Balaban J connectivity index is 2.33. The molecular weight excluding hydrogens is 290 g/mol. The number of Topliss-reactive ketones (excluding diaryl/α,β-unsaturated/α-hetero) is 1. The number of ketones is 1. The Morgan fingerprint density at radius 1 is 1.43 bits per heavy atom. The number of carbonyl (C=O) groups excluding carboxylic acids is 1. The number of nitrogens with one attached hydrogen (secondary N) is 1. The molecule has 116 valence electrons. The third-order valence-electron chi connectivity index (χ3n) is 3.61. The maximum absolute atomic E-state index is 11.6. The number of aromatic carboxylic acids is 1. The predicted octanol–water partition coefficient (Wildman–Crippen LogP) is 1.79. The van der Waals surface area contributed by atoms with Crippen LogP contribution in [0.1, 0.15) is 57.9 Å². The maximum atomic E-state index is 11.6. The average molecular weight is 311 g/mol. The molecule has 1 fully saturated rings. The molecule has 1 atom stereocenters. The number of carboxylic acid groups (broad SMARTS) is 1. The average Bonchev–Trinajstić information content (AvgIpc) is 2.91. The minimum atomic E-state index is -1.13. The van der Waals surface area contributed by atoms with E-state index < -0.39 is 5.97 Å². The number of carboxylic acids is 1.